The highest BCUT2D eigenvalue weighted by Crippen LogP contribution is 2.32. The second kappa shape index (κ2) is 4.33. The Morgan fingerprint density at radius 3 is 2.71 bits per heavy atom. The van der Waals surface area contributed by atoms with Gasteiger partial charge in [0.15, 0.2) is 0 Å². The van der Waals surface area contributed by atoms with Gasteiger partial charge < -0.3 is 14.9 Å². The molecule has 2 N–H and O–H groups in total. The summed E-state index contributed by atoms with van der Waals surface area (Å²) in [5.41, 5.74) is 0.548. The second-order valence-electron chi connectivity index (χ2n) is 3.74. The maximum absolute atomic E-state index is 10.7. The number of carboxylic acid groups (broad SMARTS) is 1. The Morgan fingerprint density at radius 2 is 2.06 bits per heavy atom. The van der Waals surface area contributed by atoms with Gasteiger partial charge in [-0.25, -0.2) is 0 Å². The van der Waals surface area contributed by atoms with Gasteiger partial charge in [-0.2, -0.15) is 0 Å². The van der Waals surface area contributed by atoms with Gasteiger partial charge in [-0.3, -0.25) is 4.79 Å². The van der Waals surface area contributed by atoms with E-state index in [1.165, 1.54) is 13.2 Å². The average Bonchev–Trinajstić information content (AvgIpc) is 2.27. The van der Waals surface area contributed by atoms with Crippen molar-refractivity contribution >= 4 is 16.7 Å². The Balaban J connectivity index is 2.65. The van der Waals surface area contributed by atoms with Gasteiger partial charge in [0.1, 0.15) is 11.5 Å². The highest BCUT2D eigenvalue weighted by molar-refractivity contribution is 5.94. The molecule has 0 aliphatic carbocycles. The lowest BCUT2D eigenvalue weighted by molar-refractivity contribution is -0.136. The van der Waals surface area contributed by atoms with Crippen LogP contribution in [0.25, 0.3) is 10.8 Å². The fourth-order valence-electron chi connectivity index (χ4n) is 1.85. The molecule has 0 radical (unpaired) electrons. The van der Waals surface area contributed by atoms with Crippen LogP contribution in [0.4, 0.5) is 0 Å². The molecule has 0 saturated heterocycles. The Morgan fingerprint density at radius 1 is 1.29 bits per heavy atom. The molecule has 0 spiro atoms. The Labute approximate surface area is 98.1 Å². The number of methoxy groups -OCH3 is 1. The first-order valence-electron chi connectivity index (χ1n) is 5.12. The van der Waals surface area contributed by atoms with Crippen molar-refractivity contribution < 1.29 is 19.7 Å². The van der Waals surface area contributed by atoms with Gasteiger partial charge in [-0.05, 0) is 23.8 Å². The van der Waals surface area contributed by atoms with E-state index in [9.17, 15) is 9.90 Å². The van der Waals surface area contributed by atoms with Gasteiger partial charge in [0.25, 0.3) is 0 Å². The third-order valence-electron chi connectivity index (χ3n) is 2.57. The maximum atomic E-state index is 10.7. The van der Waals surface area contributed by atoms with Crippen LogP contribution in [-0.4, -0.2) is 23.3 Å². The number of aliphatic carboxylic acids is 1. The van der Waals surface area contributed by atoms with Gasteiger partial charge in [-0.15, -0.1) is 0 Å². The van der Waals surface area contributed by atoms with Crippen molar-refractivity contribution in [3.8, 4) is 11.5 Å². The standard InChI is InChI=1S/C13H12O4/c1-17-12-4-2-3-9-10(12)5-8(6-11(9)14)7-13(15)16/h2-6,14H,7H2,1H3,(H,15,16). The van der Waals surface area contributed by atoms with Gasteiger partial charge in [0, 0.05) is 10.8 Å². The van der Waals surface area contributed by atoms with Crippen LogP contribution in [0.5, 0.6) is 11.5 Å². The summed E-state index contributed by atoms with van der Waals surface area (Å²) < 4.78 is 5.18. The Hall–Kier alpha value is -2.23. The van der Waals surface area contributed by atoms with Gasteiger partial charge in [-0.1, -0.05) is 12.1 Å². The van der Waals surface area contributed by atoms with Crippen LogP contribution in [-0.2, 0) is 11.2 Å². The number of carbonyl (C=O) groups is 1. The fraction of sp³-hybridized carbons (Fsp3) is 0.154. The van der Waals surface area contributed by atoms with E-state index in [-0.39, 0.29) is 12.2 Å². The number of fused-ring (bicyclic) bond motifs is 1. The van der Waals surface area contributed by atoms with Crippen LogP contribution < -0.4 is 4.74 Å². The van der Waals surface area contributed by atoms with Gasteiger partial charge >= 0.3 is 5.97 Å². The zero-order valence-corrected chi connectivity index (χ0v) is 9.30. The number of ether oxygens (including phenoxy) is 1. The van der Waals surface area contributed by atoms with Crippen molar-refractivity contribution in [2.75, 3.05) is 7.11 Å². The zero-order chi connectivity index (χ0) is 12.4. The Kier molecular flexibility index (Phi) is 2.87. The predicted molar refractivity (Wildman–Crippen MR) is 63.5 cm³/mol. The zero-order valence-electron chi connectivity index (χ0n) is 9.30. The maximum Gasteiger partial charge on any atom is 0.307 e. The smallest absolute Gasteiger partial charge is 0.307 e. The molecule has 88 valence electrons. The largest absolute Gasteiger partial charge is 0.507 e. The first kappa shape index (κ1) is 11.3. The van der Waals surface area contributed by atoms with E-state index >= 15 is 0 Å². The van der Waals surface area contributed by atoms with Crippen molar-refractivity contribution in [3.05, 3.63) is 35.9 Å². The normalized spacial score (nSPS) is 10.4. The molecule has 0 bridgehead atoms. The molecule has 2 rings (SSSR count). The fourth-order valence-corrected chi connectivity index (χ4v) is 1.85. The van der Waals surface area contributed by atoms with Crippen LogP contribution in [0.3, 0.4) is 0 Å². The summed E-state index contributed by atoms with van der Waals surface area (Å²) in [6.07, 6.45) is -0.123. The minimum Gasteiger partial charge on any atom is -0.507 e. The second-order valence-corrected chi connectivity index (χ2v) is 3.74. The summed E-state index contributed by atoms with van der Waals surface area (Å²) in [7, 11) is 1.54. The van der Waals surface area contributed by atoms with Crippen molar-refractivity contribution in [3.63, 3.8) is 0 Å². The molecule has 0 aliphatic heterocycles. The summed E-state index contributed by atoms with van der Waals surface area (Å²) in [6, 6.07) is 8.50. The summed E-state index contributed by atoms with van der Waals surface area (Å²) in [6.45, 7) is 0. The number of aromatic hydroxyl groups is 1. The SMILES string of the molecule is COc1cccc2c(O)cc(CC(=O)O)cc12. The number of benzene rings is 2. The topological polar surface area (TPSA) is 66.8 Å². The number of rotatable bonds is 3. The summed E-state index contributed by atoms with van der Waals surface area (Å²) in [4.78, 5) is 10.7. The lowest BCUT2D eigenvalue weighted by atomic mass is 10.0. The Bertz CT molecular complexity index is 575. The predicted octanol–water partition coefficient (Wildman–Crippen LogP) is 2.18. The molecule has 0 saturated carbocycles. The molecule has 0 unspecified atom stereocenters. The lowest BCUT2D eigenvalue weighted by Crippen LogP contribution is -2.00. The quantitative estimate of drug-likeness (QED) is 0.851. The number of hydrogen-bond acceptors (Lipinski definition) is 3. The molecule has 4 heteroatoms. The third kappa shape index (κ3) is 2.15. The number of carboxylic acids is 1. The van der Waals surface area contributed by atoms with E-state index < -0.39 is 5.97 Å². The van der Waals surface area contributed by atoms with Crippen LogP contribution in [0, 0.1) is 0 Å². The number of phenolic OH excluding ortho intramolecular Hbond substituents is 1. The molecule has 0 aromatic heterocycles. The number of phenols is 1. The molecule has 0 amide bonds. The average molecular weight is 232 g/mol. The minimum atomic E-state index is -0.932. The number of hydrogen-bond donors (Lipinski definition) is 2. The first-order chi connectivity index (χ1) is 8.11. The van der Waals surface area contributed by atoms with E-state index in [0.717, 1.165) is 0 Å². The van der Waals surface area contributed by atoms with E-state index in [1.54, 1.807) is 24.3 Å². The van der Waals surface area contributed by atoms with Crippen molar-refractivity contribution in [1.82, 2.24) is 0 Å². The molecule has 2 aromatic rings. The molecular weight excluding hydrogens is 220 g/mol. The van der Waals surface area contributed by atoms with E-state index in [2.05, 4.69) is 0 Å². The minimum absolute atomic E-state index is 0.0673. The third-order valence-corrected chi connectivity index (χ3v) is 2.57. The molecule has 17 heavy (non-hydrogen) atoms. The van der Waals surface area contributed by atoms with E-state index in [1.807, 2.05) is 0 Å². The van der Waals surface area contributed by atoms with Crippen molar-refractivity contribution in [2.24, 2.45) is 0 Å². The van der Waals surface area contributed by atoms with Crippen LogP contribution >= 0.6 is 0 Å². The lowest BCUT2D eigenvalue weighted by Gasteiger charge is -2.08. The molecule has 0 atom stereocenters. The molecule has 4 nitrogen and oxygen atoms in total. The summed E-state index contributed by atoms with van der Waals surface area (Å²) in [5, 5.41) is 19.9. The first-order valence-corrected chi connectivity index (χ1v) is 5.12. The monoisotopic (exact) mass is 232 g/mol. The van der Waals surface area contributed by atoms with Gasteiger partial charge in [0.2, 0.25) is 0 Å². The van der Waals surface area contributed by atoms with Crippen molar-refractivity contribution in [2.45, 2.75) is 6.42 Å². The molecular formula is C13H12O4. The van der Waals surface area contributed by atoms with Crippen LogP contribution in [0.15, 0.2) is 30.3 Å². The van der Waals surface area contributed by atoms with Crippen molar-refractivity contribution in [1.29, 1.82) is 0 Å². The molecule has 0 fully saturated rings. The van der Waals surface area contributed by atoms with Gasteiger partial charge in [0.05, 0.1) is 13.5 Å². The molecule has 2 aromatic carbocycles. The van der Waals surface area contributed by atoms with Crippen LogP contribution in [0.2, 0.25) is 0 Å². The summed E-state index contributed by atoms with van der Waals surface area (Å²) >= 11 is 0. The van der Waals surface area contributed by atoms with Crippen LogP contribution in [0.1, 0.15) is 5.56 Å². The highest BCUT2D eigenvalue weighted by atomic mass is 16.5. The summed E-state index contributed by atoms with van der Waals surface area (Å²) in [5.74, 6) is -0.249. The van der Waals surface area contributed by atoms with E-state index in [4.69, 9.17) is 9.84 Å². The molecule has 0 heterocycles. The highest BCUT2D eigenvalue weighted by Gasteiger charge is 2.09. The molecule has 0 aliphatic rings. The van der Waals surface area contributed by atoms with E-state index in [0.29, 0.717) is 22.1 Å².